The van der Waals surface area contributed by atoms with Gasteiger partial charge in [0.2, 0.25) is 0 Å². The highest BCUT2D eigenvalue weighted by molar-refractivity contribution is 4.83. The van der Waals surface area contributed by atoms with E-state index in [-0.39, 0.29) is 0 Å². The molecule has 1 saturated heterocycles. The molecule has 3 nitrogen and oxygen atoms in total. The summed E-state index contributed by atoms with van der Waals surface area (Å²) in [6.45, 7) is 5.06. The quantitative estimate of drug-likeness (QED) is 0.684. The molecule has 88 valence electrons. The lowest BCUT2D eigenvalue weighted by Gasteiger charge is -2.34. The summed E-state index contributed by atoms with van der Waals surface area (Å²) in [4.78, 5) is 2.63. The van der Waals surface area contributed by atoms with Crippen molar-refractivity contribution >= 4 is 0 Å². The third-order valence-electron chi connectivity index (χ3n) is 3.62. The zero-order valence-electron chi connectivity index (χ0n) is 9.62. The lowest BCUT2D eigenvalue weighted by Crippen LogP contribution is -2.44. The number of nitrogens with zero attached hydrogens (tertiary/aromatic N) is 1. The second-order valence-electron chi connectivity index (χ2n) is 5.00. The molecule has 0 aromatic heterocycles. The first-order valence-corrected chi connectivity index (χ1v) is 6.46. The molecule has 0 aromatic rings. The second-order valence-corrected chi connectivity index (χ2v) is 5.00. The fourth-order valence-corrected chi connectivity index (χ4v) is 2.50. The van der Waals surface area contributed by atoms with Gasteiger partial charge in [-0.05, 0) is 51.1 Å². The van der Waals surface area contributed by atoms with Crippen LogP contribution in [0.15, 0.2) is 0 Å². The number of nitrogens with one attached hydrogen (secondary N) is 1. The van der Waals surface area contributed by atoms with Crippen LogP contribution in [0.3, 0.4) is 0 Å². The van der Waals surface area contributed by atoms with Gasteiger partial charge in [0.1, 0.15) is 0 Å². The van der Waals surface area contributed by atoms with Crippen molar-refractivity contribution in [1.29, 1.82) is 0 Å². The highest BCUT2D eigenvalue weighted by Crippen LogP contribution is 2.31. The van der Waals surface area contributed by atoms with E-state index >= 15 is 0 Å². The maximum Gasteiger partial charge on any atom is 0.0443 e. The largest absolute Gasteiger partial charge is 0.396 e. The van der Waals surface area contributed by atoms with Gasteiger partial charge in [-0.2, -0.15) is 0 Å². The molecule has 2 fully saturated rings. The van der Waals surface area contributed by atoms with E-state index in [9.17, 15) is 0 Å². The van der Waals surface area contributed by atoms with Gasteiger partial charge in [0.05, 0.1) is 0 Å². The monoisotopic (exact) mass is 212 g/mol. The lowest BCUT2D eigenvalue weighted by atomic mass is 10.0. The highest BCUT2D eigenvalue weighted by Gasteiger charge is 2.28. The minimum atomic E-state index is 0.339. The van der Waals surface area contributed by atoms with Crippen LogP contribution in [0.25, 0.3) is 0 Å². The van der Waals surface area contributed by atoms with Gasteiger partial charge in [0.15, 0.2) is 0 Å². The molecule has 2 aliphatic rings. The topological polar surface area (TPSA) is 35.5 Å². The van der Waals surface area contributed by atoms with Gasteiger partial charge in [-0.25, -0.2) is 0 Å². The first-order chi connectivity index (χ1) is 7.40. The van der Waals surface area contributed by atoms with E-state index in [0.29, 0.717) is 6.61 Å². The van der Waals surface area contributed by atoms with Crippen molar-refractivity contribution in [1.82, 2.24) is 10.2 Å². The van der Waals surface area contributed by atoms with Crippen LogP contribution in [0.1, 0.15) is 32.1 Å². The van der Waals surface area contributed by atoms with E-state index in [1.54, 1.807) is 0 Å². The Balaban J connectivity index is 1.78. The molecule has 0 spiro atoms. The predicted molar refractivity (Wildman–Crippen MR) is 61.9 cm³/mol. The van der Waals surface area contributed by atoms with Crippen LogP contribution in [0.5, 0.6) is 0 Å². The van der Waals surface area contributed by atoms with Gasteiger partial charge < -0.3 is 10.4 Å². The van der Waals surface area contributed by atoms with Crippen molar-refractivity contribution in [2.45, 2.75) is 38.1 Å². The Hall–Kier alpha value is -0.120. The third-order valence-corrected chi connectivity index (χ3v) is 3.62. The van der Waals surface area contributed by atoms with Crippen LogP contribution in [-0.2, 0) is 0 Å². The van der Waals surface area contributed by atoms with Crippen LogP contribution in [0.4, 0.5) is 0 Å². The Labute approximate surface area is 92.8 Å². The summed E-state index contributed by atoms with van der Waals surface area (Å²) in [6.07, 6.45) is 6.38. The molecule has 0 bridgehead atoms. The smallest absolute Gasteiger partial charge is 0.0443 e. The minimum absolute atomic E-state index is 0.339. The molecule has 1 aliphatic carbocycles. The van der Waals surface area contributed by atoms with E-state index in [1.807, 2.05) is 0 Å². The molecule has 2 N–H and O–H groups in total. The molecule has 15 heavy (non-hydrogen) atoms. The van der Waals surface area contributed by atoms with Gasteiger partial charge in [-0.1, -0.05) is 0 Å². The van der Waals surface area contributed by atoms with E-state index in [1.165, 1.54) is 45.3 Å². The average molecular weight is 212 g/mol. The number of rotatable bonds is 6. The normalized spacial score (nSPS) is 23.6. The molecule has 0 radical (unpaired) electrons. The van der Waals surface area contributed by atoms with Gasteiger partial charge in [-0.15, -0.1) is 0 Å². The van der Waals surface area contributed by atoms with Crippen molar-refractivity contribution in [3.8, 4) is 0 Å². The highest BCUT2D eigenvalue weighted by atomic mass is 16.3. The summed E-state index contributed by atoms with van der Waals surface area (Å²) in [5, 5.41) is 12.3. The molecule has 0 amide bonds. The molecule has 2 rings (SSSR count). The van der Waals surface area contributed by atoms with Crippen LogP contribution in [0.2, 0.25) is 0 Å². The van der Waals surface area contributed by atoms with Crippen LogP contribution >= 0.6 is 0 Å². The molecule has 3 heteroatoms. The molecule has 0 atom stereocenters. The summed E-state index contributed by atoms with van der Waals surface area (Å²) in [5.74, 6) is 0.971. The van der Waals surface area contributed by atoms with Gasteiger partial charge >= 0.3 is 0 Å². The number of aliphatic hydroxyl groups is 1. The maximum absolute atomic E-state index is 8.92. The summed E-state index contributed by atoms with van der Waals surface area (Å²) in [5.41, 5.74) is 0. The maximum atomic E-state index is 8.92. The average Bonchev–Trinajstić information content (AvgIpc) is 3.09. The molecule has 0 unspecified atom stereocenters. The Kier molecular flexibility index (Phi) is 4.42. The summed E-state index contributed by atoms with van der Waals surface area (Å²) >= 11 is 0. The number of hydrogen-bond donors (Lipinski definition) is 2. The second kappa shape index (κ2) is 5.83. The fraction of sp³-hybridized carbons (Fsp3) is 1.00. The first kappa shape index (κ1) is 11.4. The van der Waals surface area contributed by atoms with Crippen molar-refractivity contribution in [2.24, 2.45) is 5.92 Å². The lowest BCUT2D eigenvalue weighted by molar-refractivity contribution is 0.141. The zero-order chi connectivity index (χ0) is 10.5. The number of piperidine rings is 1. The van der Waals surface area contributed by atoms with Crippen molar-refractivity contribution in [2.75, 3.05) is 32.8 Å². The standard InChI is InChI=1S/C12H24N2O/c15-9-1-8-14(10-11-2-3-11)12-4-6-13-7-5-12/h11-13,15H,1-10H2. The Morgan fingerprint density at radius 1 is 1.13 bits per heavy atom. The Bertz CT molecular complexity index is 176. The molecular weight excluding hydrogens is 188 g/mol. The van der Waals surface area contributed by atoms with E-state index in [4.69, 9.17) is 5.11 Å². The molecular formula is C12H24N2O. The Morgan fingerprint density at radius 3 is 2.47 bits per heavy atom. The number of hydrogen-bond acceptors (Lipinski definition) is 3. The van der Waals surface area contributed by atoms with Crippen LogP contribution in [0, 0.1) is 5.92 Å². The van der Waals surface area contributed by atoms with Crippen molar-refractivity contribution in [3.63, 3.8) is 0 Å². The van der Waals surface area contributed by atoms with Crippen molar-refractivity contribution < 1.29 is 5.11 Å². The molecule has 1 aliphatic heterocycles. The van der Waals surface area contributed by atoms with Gasteiger partial charge in [-0.3, -0.25) is 4.90 Å². The van der Waals surface area contributed by atoms with Crippen molar-refractivity contribution in [3.05, 3.63) is 0 Å². The number of aliphatic hydroxyl groups excluding tert-OH is 1. The van der Waals surface area contributed by atoms with Gasteiger partial charge in [0, 0.05) is 25.7 Å². The summed E-state index contributed by atoms with van der Waals surface area (Å²) in [7, 11) is 0. The zero-order valence-corrected chi connectivity index (χ0v) is 9.62. The minimum Gasteiger partial charge on any atom is -0.396 e. The summed E-state index contributed by atoms with van der Waals surface area (Å²) < 4.78 is 0. The van der Waals surface area contributed by atoms with E-state index in [2.05, 4.69) is 10.2 Å². The fourth-order valence-electron chi connectivity index (χ4n) is 2.50. The molecule has 1 saturated carbocycles. The van der Waals surface area contributed by atoms with Crippen LogP contribution in [-0.4, -0.2) is 48.8 Å². The summed E-state index contributed by atoms with van der Waals surface area (Å²) in [6, 6.07) is 0.776. The Morgan fingerprint density at radius 2 is 1.87 bits per heavy atom. The first-order valence-electron chi connectivity index (χ1n) is 6.46. The van der Waals surface area contributed by atoms with E-state index in [0.717, 1.165) is 24.9 Å². The predicted octanol–water partition coefficient (Wildman–Crippen LogP) is 0.833. The van der Waals surface area contributed by atoms with E-state index < -0.39 is 0 Å². The van der Waals surface area contributed by atoms with Crippen LogP contribution < -0.4 is 5.32 Å². The van der Waals surface area contributed by atoms with Gasteiger partial charge in [0.25, 0.3) is 0 Å². The third kappa shape index (κ3) is 3.74. The molecule has 1 heterocycles. The molecule has 0 aromatic carbocycles. The SMILES string of the molecule is OCCCN(CC1CC1)C1CCNCC1.